The second kappa shape index (κ2) is 18.7. The highest BCUT2D eigenvalue weighted by Gasteiger charge is 2.26. The van der Waals surface area contributed by atoms with Crippen LogP contribution >= 0.6 is 0 Å². The maximum atomic E-state index is 10.8. The molecule has 10 nitrogen and oxygen atoms in total. The first kappa shape index (κ1) is 44.2. The van der Waals surface area contributed by atoms with Gasteiger partial charge in [-0.2, -0.15) is 21.0 Å². The lowest BCUT2D eigenvalue weighted by atomic mass is 9.89. The van der Waals surface area contributed by atoms with Gasteiger partial charge in [-0.25, -0.2) is 24.6 Å². The van der Waals surface area contributed by atoms with E-state index in [2.05, 4.69) is 38.5 Å². The molecule has 0 saturated carbocycles. The van der Waals surface area contributed by atoms with Gasteiger partial charge in [0, 0.05) is 60.8 Å². The molecule has 2 aromatic heterocycles. The molecule has 0 fully saturated rings. The Morgan fingerprint density at radius 2 is 0.767 bits per heavy atom. The van der Waals surface area contributed by atoms with E-state index in [9.17, 15) is 21.0 Å². The summed E-state index contributed by atoms with van der Waals surface area (Å²) >= 11 is 0. The average molecular weight is 929 g/mol. The van der Waals surface area contributed by atoms with Crippen molar-refractivity contribution in [1.29, 1.82) is 21.0 Å². The minimum atomic E-state index is 0.332. The molecule has 0 N–H and O–H groups in total. The predicted octanol–water partition coefficient (Wildman–Crippen LogP) is 15.2. The van der Waals surface area contributed by atoms with Gasteiger partial charge < -0.3 is 4.57 Å². The van der Waals surface area contributed by atoms with E-state index in [4.69, 9.17) is 28.1 Å². The van der Waals surface area contributed by atoms with E-state index in [0.717, 1.165) is 44.1 Å². The van der Waals surface area contributed by atoms with Crippen molar-refractivity contribution >= 4 is 33.2 Å². The molecule has 0 radical (unpaired) electrons. The minimum Gasteiger partial charge on any atom is -0.308 e. The second-order valence-electron chi connectivity index (χ2n) is 17.1. The Labute approximate surface area is 419 Å². The molecule has 0 aliphatic carbocycles. The van der Waals surface area contributed by atoms with Crippen molar-refractivity contribution in [3.63, 3.8) is 0 Å². The number of hydrogen-bond acceptors (Lipinski definition) is 7. The van der Waals surface area contributed by atoms with E-state index in [1.165, 1.54) is 0 Å². The highest BCUT2D eigenvalue weighted by Crippen LogP contribution is 2.46. The van der Waals surface area contributed by atoms with E-state index in [1.54, 1.807) is 48.5 Å². The summed E-state index contributed by atoms with van der Waals surface area (Å²) < 4.78 is 2.15. The van der Waals surface area contributed by atoms with Crippen LogP contribution in [0.3, 0.4) is 0 Å². The molecule has 11 aromatic rings. The Balaban J connectivity index is 1.29. The number of fused-ring (bicyclic) bond motifs is 3. The van der Waals surface area contributed by atoms with Gasteiger partial charge in [-0.3, -0.25) is 0 Å². The zero-order valence-electron chi connectivity index (χ0n) is 38.4. The van der Waals surface area contributed by atoms with Crippen LogP contribution in [-0.2, 0) is 0 Å². The topological polar surface area (TPSA) is 147 Å². The van der Waals surface area contributed by atoms with Gasteiger partial charge in [0.1, 0.15) is 0 Å². The van der Waals surface area contributed by atoms with Crippen molar-refractivity contribution in [3.05, 3.63) is 239 Å². The summed E-state index contributed by atoms with van der Waals surface area (Å²) in [5.41, 5.74) is 12.1. The van der Waals surface area contributed by atoms with Crippen LogP contribution in [0.4, 0.5) is 11.4 Å². The van der Waals surface area contributed by atoms with E-state index in [-0.39, 0.29) is 0 Å². The Hall–Kier alpha value is -11.3. The van der Waals surface area contributed by atoms with Crippen LogP contribution in [-0.4, -0.2) is 19.5 Å². The lowest BCUT2D eigenvalue weighted by Crippen LogP contribution is -2.05. The SMILES string of the molecule is [C-]#[N+]c1cc(C#N)cc(-c2ccc3c(c2)c2cc(-c4cc(C#N)cc([N+]#[C-])c4)ccc2n3-c2c(-c3ccccc3C#N)cc(-c3nc(-c4ccccc4)nc(-c4ccccc4)n3)cc2-c2ccccc2C#N)c1. The van der Waals surface area contributed by atoms with Crippen LogP contribution in [0.15, 0.2) is 194 Å². The molecule has 9 aromatic carbocycles. The van der Waals surface area contributed by atoms with Crippen molar-refractivity contribution in [1.82, 2.24) is 19.5 Å². The number of rotatable bonds is 8. The monoisotopic (exact) mass is 928 g/mol. The van der Waals surface area contributed by atoms with Gasteiger partial charge in [0.25, 0.3) is 0 Å². The first-order valence-electron chi connectivity index (χ1n) is 22.9. The van der Waals surface area contributed by atoms with Gasteiger partial charge in [0.2, 0.25) is 0 Å². The maximum Gasteiger partial charge on any atom is 0.189 e. The van der Waals surface area contributed by atoms with Crippen molar-refractivity contribution in [2.75, 3.05) is 0 Å². The van der Waals surface area contributed by atoms with Crippen LogP contribution in [0.2, 0.25) is 0 Å². The molecule has 73 heavy (non-hydrogen) atoms. The van der Waals surface area contributed by atoms with E-state index < -0.39 is 0 Å². The first-order valence-corrected chi connectivity index (χ1v) is 22.9. The summed E-state index contributed by atoms with van der Waals surface area (Å²) in [7, 11) is 0. The molecule has 0 unspecified atom stereocenters. The lowest BCUT2D eigenvalue weighted by Gasteiger charge is -2.22. The van der Waals surface area contributed by atoms with Gasteiger partial charge in [-0.15, -0.1) is 0 Å². The summed E-state index contributed by atoms with van der Waals surface area (Å²) in [4.78, 5) is 22.6. The normalized spacial score (nSPS) is 10.7. The van der Waals surface area contributed by atoms with Crippen molar-refractivity contribution in [2.45, 2.75) is 0 Å². The second-order valence-corrected chi connectivity index (χ2v) is 17.1. The van der Waals surface area contributed by atoms with Crippen LogP contribution < -0.4 is 0 Å². The van der Waals surface area contributed by atoms with Gasteiger partial charge in [-0.1, -0.05) is 109 Å². The van der Waals surface area contributed by atoms with Crippen molar-refractivity contribution < 1.29 is 0 Å². The zero-order valence-corrected chi connectivity index (χ0v) is 38.4. The molecule has 0 aliphatic rings. The molecule has 0 spiro atoms. The maximum absolute atomic E-state index is 10.8. The molecule has 0 saturated heterocycles. The van der Waals surface area contributed by atoms with Crippen LogP contribution in [0.25, 0.3) is 116 Å². The van der Waals surface area contributed by atoms with Gasteiger partial charge >= 0.3 is 0 Å². The molecule has 2 heterocycles. The zero-order chi connectivity index (χ0) is 50.0. The fraction of sp³-hybridized carbons (Fsp3) is 0. The number of nitriles is 4. The summed E-state index contributed by atoms with van der Waals surface area (Å²) in [5, 5.41) is 43.3. The highest BCUT2D eigenvalue weighted by atomic mass is 15.0. The Morgan fingerprint density at radius 3 is 1.18 bits per heavy atom. The third kappa shape index (κ3) is 8.11. The fourth-order valence-corrected chi connectivity index (χ4v) is 9.42. The third-order valence-electron chi connectivity index (χ3n) is 12.8. The van der Waals surface area contributed by atoms with E-state index in [1.807, 2.05) is 146 Å². The standard InChI is InChI=1S/C63H32N10/c1-68-50-27-39(35-64)25-47(29-50)43-21-23-58-54(31-43)55-32-44(48-26-40(36-65)28-51(30-48)69-2)22-24-59(55)73(58)60-56(52-19-11-9-17-45(52)37-66)33-49(34-57(60)53-20-12-10-18-46(53)38-67)63-71-61(41-13-5-3-6-14-41)70-62(72-63)42-15-7-4-8-16-42/h3-34H. The van der Waals surface area contributed by atoms with Gasteiger partial charge in [0.05, 0.1) is 65.3 Å². The van der Waals surface area contributed by atoms with Crippen LogP contribution in [0.5, 0.6) is 0 Å². The summed E-state index contributed by atoms with van der Waals surface area (Å²) in [6, 6.07) is 69.7. The highest BCUT2D eigenvalue weighted by molar-refractivity contribution is 6.13. The van der Waals surface area contributed by atoms with E-state index >= 15 is 0 Å². The molecule has 334 valence electrons. The van der Waals surface area contributed by atoms with E-state index in [0.29, 0.717) is 95.7 Å². The lowest BCUT2D eigenvalue weighted by molar-refractivity contribution is 1.07. The average Bonchev–Trinajstić information content (AvgIpc) is 3.79. The Morgan fingerprint density at radius 1 is 0.356 bits per heavy atom. The fourth-order valence-electron chi connectivity index (χ4n) is 9.42. The van der Waals surface area contributed by atoms with Crippen LogP contribution in [0, 0.1) is 58.5 Å². The number of aromatic nitrogens is 4. The Bertz CT molecular complexity index is 4010. The Kier molecular flexibility index (Phi) is 11.3. The smallest absolute Gasteiger partial charge is 0.189 e. The molecule has 0 atom stereocenters. The minimum absolute atomic E-state index is 0.332. The van der Waals surface area contributed by atoms with Gasteiger partial charge in [0.15, 0.2) is 28.8 Å². The molecule has 11 rings (SSSR count). The van der Waals surface area contributed by atoms with Crippen LogP contribution in [0.1, 0.15) is 22.3 Å². The van der Waals surface area contributed by atoms with Crippen molar-refractivity contribution in [2.24, 2.45) is 0 Å². The number of benzene rings is 9. The largest absolute Gasteiger partial charge is 0.308 e. The summed E-state index contributed by atoms with van der Waals surface area (Å²) in [6.45, 7) is 15.6. The molecular formula is C63H32N10. The number of nitrogens with zero attached hydrogens (tertiary/aromatic N) is 10. The predicted molar refractivity (Wildman–Crippen MR) is 284 cm³/mol. The quantitative estimate of drug-likeness (QED) is 0.138. The summed E-state index contributed by atoms with van der Waals surface area (Å²) in [6.07, 6.45) is 0. The third-order valence-corrected chi connectivity index (χ3v) is 12.8. The molecule has 0 amide bonds. The number of hydrogen-bond donors (Lipinski definition) is 0. The molecule has 10 heteroatoms. The molecule has 0 aliphatic heterocycles. The molecule has 0 bridgehead atoms. The molecular weight excluding hydrogens is 897 g/mol. The summed E-state index contributed by atoms with van der Waals surface area (Å²) in [5.74, 6) is 1.31. The van der Waals surface area contributed by atoms with Gasteiger partial charge in [-0.05, 0) is 107 Å². The first-order chi connectivity index (χ1) is 35.9. The van der Waals surface area contributed by atoms with Crippen molar-refractivity contribution in [3.8, 4) is 109 Å².